The van der Waals surface area contributed by atoms with Gasteiger partial charge in [-0.15, -0.1) is 0 Å². The van der Waals surface area contributed by atoms with E-state index in [0.29, 0.717) is 18.1 Å². The van der Waals surface area contributed by atoms with Crippen molar-refractivity contribution in [3.8, 4) is 0 Å². The Bertz CT molecular complexity index is 364. The lowest BCUT2D eigenvalue weighted by molar-refractivity contribution is 0.0697. The zero-order valence-corrected chi connectivity index (χ0v) is 9.11. The lowest BCUT2D eigenvalue weighted by Gasteiger charge is -2.11. The number of hydrogen-bond donors (Lipinski definition) is 2. The zero-order valence-electron chi connectivity index (χ0n) is 9.11. The Morgan fingerprint density at radius 1 is 1.60 bits per heavy atom. The number of aromatic nitrogens is 2. The van der Waals surface area contributed by atoms with E-state index in [0.717, 1.165) is 0 Å². The normalized spacial score (nSPS) is 10.4. The average Bonchev–Trinajstić information content (AvgIpc) is 2.16. The number of carboxylic acid groups (broad SMARTS) is 1. The van der Waals surface area contributed by atoms with Crippen LogP contribution in [0.2, 0.25) is 0 Å². The fourth-order valence-electron chi connectivity index (χ4n) is 1.13. The van der Waals surface area contributed by atoms with Gasteiger partial charge < -0.3 is 10.4 Å². The van der Waals surface area contributed by atoms with E-state index in [9.17, 15) is 4.79 Å². The van der Waals surface area contributed by atoms with Crippen molar-refractivity contribution < 1.29 is 9.90 Å². The lowest BCUT2D eigenvalue weighted by atomic mass is 10.2. The van der Waals surface area contributed by atoms with Crippen LogP contribution in [0.15, 0.2) is 6.20 Å². The van der Waals surface area contributed by atoms with Gasteiger partial charge in [-0.3, -0.25) is 0 Å². The minimum Gasteiger partial charge on any atom is -0.477 e. The second kappa shape index (κ2) is 4.72. The molecular formula is C10H15N3O2. The van der Waals surface area contributed by atoms with Gasteiger partial charge in [-0.25, -0.2) is 14.8 Å². The summed E-state index contributed by atoms with van der Waals surface area (Å²) in [6, 6.07) is 0.141. The van der Waals surface area contributed by atoms with E-state index in [4.69, 9.17) is 5.11 Å². The molecule has 1 heterocycles. The summed E-state index contributed by atoms with van der Waals surface area (Å²) in [5, 5.41) is 11.9. The van der Waals surface area contributed by atoms with Crippen LogP contribution >= 0.6 is 0 Å². The van der Waals surface area contributed by atoms with Crippen LogP contribution < -0.4 is 5.32 Å². The molecule has 1 aromatic rings. The topological polar surface area (TPSA) is 75.1 Å². The standard InChI is InChI=1S/C10H15N3O2/c1-4-8-11-5-7(10(14)15)9(13-8)12-6(2)3/h5-6H,4H2,1-3H3,(H,14,15)(H,11,12,13). The number of nitrogens with zero attached hydrogens (tertiary/aromatic N) is 2. The molecule has 0 radical (unpaired) electrons. The molecule has 0 aliphatic carbocycles. The first-order valence-electron chi connectivity index (χ1n) is 4.90. The predicted octanol–water partition coefficient (Wildman–Crippen LogP) is 1.56. The SMILES string of the molecule is CCc1ncc(C(=O)O)c(NC(C)C)n1. The first-order chi connectivity index (χ1) is 7.04. The largest absolute Gasteiger partial charge is 0.477 e. The van der Waals surface area contributed by atoms with Crippen molar-refractivity contribution in [2.24, 2.45) is 0 Å². The van der Waals surface area contributed by atoms with E-state index in [1.165, 1.54) is 6.20 Å². The van der Waals surface area contributed by atoms with Crippen LogP contribution in [0.5, 0.6) is 0 Å². The summed E-state index contributed by atoms with van der Waals surface area (Å²) in [7, 11) is 0. The van der Waals surface area contributed by atoms with Crippen molar-refractivity contribution in [2.75, 3.05) is 5.32 Å². The minimum atomic E-state index is -1.01. The summed E-state index contributed by atoms with van der Waals surface area (Å²) in [6.45, 7) is 5.79. The summed E-state index contributed by atoms with van der Waals surface area (Å²) < 4.78 is 0. The highest BCUT2D eigenvalue weighted by Gasteiger charge is 2.13. The Balaban J connectivity index is 3.10. The van der Waals surface area contributed by atoms with Crippen molar-refractivity contribution in [3.05, 3.63) is 17.6 Å². The molecule has 15 heavy (non-hydrogen) atoms. The number of carbonyl (C=O) groups is 1. The molecule has 0 bridgehead atoms. The fraction of sp³-hybridized carbons (Fsp3) is 0.500. The molecule has 0 aliphatic heterocycles. The molecule has 0 saturated carbocycles. The van der Waals surface area contributed by atoms with Crippen LogP contribution in [0.4, 0.5) is 5.82 Å². The Morgan fingerprint density at radius 3 is 2.73 bits per heavy atom. The fourth-order valence-corrected chi connectivity index (χ4v) is 1.13. The molecule has 0 saturated heterocycles. The van der Waals surface area contributed by atoms with Crippen molar-refractivity contribution in [3.63, 3.8) is 0 Å². The zero-order chi connectivity index (χ0) is 11.4. The second-order valence-corrected chi connectivity index (χ2v) is 3.51. The van der Waals surface area contributed by atoms with Gasteiger partial charge in [0.1, 0.15) is 17.2 Å². The maximum Gasteiger partial charge on any atom is 0.341 e. The van der Waals surface area contributed by atoms with Crippen molar-refractivity contribution in [1.29, 1.82) is 0 Å². The molecule has 1 rings (SSSR count). The predicted molar refractivity (Wildman–Crippen MR) is 57.1 cm³/mol. The molecule has 0 aromatic carbocycles. The van der Waals surface area contributed by atoms with Crippen LogP contribution in [-0.2, 0) is 6.42 Å². The van der Waals surface area contributed by atoms with Gasteiger partial charge in [0.2, 0.25) is 0 Å². The van der Waals surface area contributed by atoms with Crippen molar-refractivity contribution >= 4 is 11.8 Å². The molecule has 82 valence electrons. The third-order valence-corrected chi connectivity index (χ3v) is 1.81. The summed E-state index contributed by atoms with van der Waals surface area (Å²) in [4.78, 5) is 19.0. The minimum absolute atomic E-state index is 0.112. The third-order valence-electron chi connectivity index (χ3n) is 1.81. The van der Waals surface area contributed by atoms with Crippen molar-refractivity contribution in [2.45, 2.75) is 33.2 Å². The van der Waals surface area contributed by atoms with Crippen molar-refractivity contribution in [1.82, 2.24) is 9.97 Å². The number of carboxylic acids is 1. The van der Waals surface area contributed by atoms with Gasteiger partial charge >= 0.3 is 5.97 Å². The highest BCUT2D eigenvalue weighted by Crippen LogP contribution is 2.13. The summed E-state index contributed by atoms with van der Waals surface area (Å²) >= 11 is 0. The van der Waals surface area contributed by atoms with Gasteiger partial charge in [0, 0.05) is 18.7 Å². The number of anilines is 1. The van der Waals surface area contributed by atoms with Gasteiger partial charge in [0.15, 0.2) is 0 Å². The molecule has 1 aromatic heterocycles. The molecule has 0 unspecified atom stereocenters. The van der Waals surface area contributed by atoms with Gasteiger partial charge in [-0.05, 0) is 13.8 Å². The van der Waals surface area contributed by atoms with Gasteiger partial charge in [-0.1, -0.05) is 6.92 Å². The quantitative estimate of drug-likeness (QED) is 0.787. The molecule has 0 amide bonds. The van der Waals surface area contributed by atoms with Crippen LogP contribution in [0, 0.1) is 0 Å². The molecular weight excluding hydrogens is 194 g/mol. The number of nitrogens with one attached hydrogen (secondary N) is 1. The smallest absolute Gasteiger partial charge is 0.341 e. The average molecular weight is 209 g/mol. The molecule has 5 nitrogen and oxygen atoms in total. The molecule has 5 heteroatoms. The van der Waals surface area contributed by atoms with E-state index in [1.807, 2.05) is 20.8 Å². The maximum atomic E-state index is 10.9. The second-order valence-electron chi connectivity index (χ2n) is 3.51. The first kappa shape index (κ1) is 11.4. The third kappa shape index (κ3) is 2.90. The van der Waals surface area contributed by atoms with Crippen LogP contribution in [-0.4, -0.2) is 27.1 Å². The van der Waals surface area contributed by atoms with Crippen LogP contribution in [0.25, 0.3) is 0 Å². The van der Waals surface area contributed by atoms with E-state index in [1.54, 1.807) is 0 Å². The Hall–Kier alpha value is -1.65. The van der Waals surface area contributed by atoms with E-state index in [-0.39, 0.29) is 11.6 Å². The summed E-state index contributed by atoms with van der Waals surface area (Å²) in [5.41, 5.74) is 0.112. The Kier molecular flexibility index (Phi) is 3.60. The molecule has 2 N–H and O–H groups in total. The molecule has 0 fully saturated rings. The molecule has 0 atom stereocenters. The number of aromatic carboxylic acids is 1. The maximum absolute atomic E-state index is 10.9. The lowest BCUT2D eigenvalue weighted by Crippen LogP contribution is -2.16. The van der Waals surface area contributed by atoms with Crippen LogP contribution in [0.3, 0.4) is 0 Å². The monoisotopic (exact) mass is 209 g/mol. The number of rotatable bonds is 4. The molecule has 0 aliphatic rings. The Labute approximate surface area is 88.6 Å². The van der Waals surface area contributed by atoms with Gasteiger partial charge in [-0.2, -0.15) is 0 Å². The number of hydrogen-bond acceptors (Lipinski definition) is 4. The summed E-state index contributed by atoms with van der Waals surface area (Å²) in [5.74, 6) is 0.0216. The Morgan fingerprint density at radius 2 is 2.27 bits per heavy atom. The van der Waals surface area contributed by atoms with Gasteiger partial charge in [0.25, 0.3) is 0 Å². The van der Waals surface area contributed by atoms with E-state index >= 15 is 0 Å². The van der Waals surface area contributed by atoms with Crippen LogP contribution in [0.1, 0.15) is 37.0 Å². The highest BCUT2D eigenvalue weighted by atomic mass is 16.4. The van der Waals surface area contributed by atoms with E-state index in [2.05, 4.69) is 15.3 Å². The van der Waals surface area contributed by atoms with E-state index < -0.39 is 5.97 Å². The highest BCUT2D eigenvalue weighted by molar-refractivity contribution is 5.92. The summed E-state index contributed by atoms with van der Waals surface area (Å²) in [6.07, 6.45) is 2.03. The molecule has 0 spiro atoms. The first-order valence-corrected chi connectivity index (χ1v) is 4.90. The number of aryl methyl sites for hydroxylation is 1. The van der Waals surface area contributed by atoms with Gasteiger partial charge in [0.05, 0.1) is 0 Å².